The molecule has 0 saturated carbocycles. The maximum atomic E-state index is 5.69. The van der Waals surface area contributed by atoms with E-state index < -0.39 is 0 Å². The number of nitrogens with two attached hydrogens (primary N) is 1. The third-order valence-corrected chi connectivity index (χ3v) is 3.30. The minimum Gasteiger partial charge on any atom is -0.368 e. The Kier molecular flexibility index (Phi) is 4.00. The van der Waals surface area contributed by atoms with Crippen molar-refractivity contribution in [3.05, 3.63) is 31.5 Å². The van der Waals surface area contributed by atoms with Gasteiger partial charge in [0.1, 0.15) is 0 Å². The van der Waals surface area contributed by atoms with Crippen LogP contribution in [-0.4, -0.2) is 15.0 Å². The number of benzene rings is 1. The van der Waals surface area contributed by atoms with E-state index in [0.717, 1.165) is 13.7 Å². The fourth-order valence-corrected chi connectivity index (χ4v) is 2.70. The maximum absolute atomic E-state index is 5.69. The van der Waals surface area contributed by atoms with Crippen LogP contribution in [0.1, 0.15) is 0 Å². The number of hydrogen-bond donors (Lipinski definition) is 2. The summed E-state index contributed by atoms with van der Waals surface area (Å²) in [6.45, 7) is 0. The van der Waals surface area contributed by atoms with Crippen molar-refractivity contribution in [3.63, 3.8) is 0 Å². The van der Waals surface area contributed by atoms with E-state index in [1.54, 1.807) is 0 Å². The molecule has 2 aromatic rings. The van der Waals surface area contributed by atoms with Crippen molar-refractivity contribution >= 4 is 67.7 Å². The lowest BCUT2D eigenvalue weighted by molar-refractivity contribution is 1.07. The van der Waals surface area contributed by atoms with Crippen LogP contribution >= 0.6 is 50.1 Å². The largest absolute Gasteiger partial charge is 0.368 e. The predicted octanol–water partition coefficient (Wildman–Crippen LogP) is 3.22. The average molecular weight is 426 g/mol. The highest BCUT2D eigenvalue weighted by atomic mass is 127. The van der Waals surface area contributed by atoms with E-state index >= 15 is 0 Å². The van der Waals surface area contributed by atoms with Crippen molar-refractivity contribution < 1.29 is 0 Å². The van der Waals surface area contributed by atoms with Crippen molar-refractivity contribution in [1.82, 2.24) is 15.0 Å². The van der Waals surface area contributed by atoms with Gasteiger partial charge in [-0.15, -0.1) is 0 Å². The highest BCUT2D eigenvalue weighted by Crippen LogP contribution is 2.26. The molecule has 0 amide bonds. The molecule has 5 nitrogen and oxygen atoms in total. The van der Waals surface area contributed by atoms with Crippen LogP contribution in [0.25, 0.3) is 0 Å². The van der Waals surface area contributed by atoms with E-state index in [2.05, 4.69) is 58.8 Å². The van der Waals surface area contributed by atoms with Crippen molar-refractivity contribution in [3.8, 4) is 0 Å². The zero-order chi connectivity index (χ0) is 12.4. The molecular formula is C9H6BrClIN5. The third-order valence-electron chi connectivity index (χ3n) is 1.80. The van der Waals surface area contributed by atoms with Crippen LogP contribution in [0.5, 0.6) is 0 Å². The van der Waals surface area contributed by atoms with Gasteiger partial charge in [0.05, 0.1) is 5.69 Å². The Balaban J connectivity index is 2.31. The van der Waals surface area contributed by atoms with Gasteiger partial charge in [-0.3, -0.25) is 0 Å². The van der Waals surface area contributed by atoms with Crippen LogP contribution in [0.4, 0.5) is 17.6 Å². The van der Waals surface area contributed by atoms with Crippen LogP contribution < -0.4 is 11.1 Å². The summed E-state index contributed by atoms with van der Waals surface area (Å²) < 4.78 is 2.02. The molecule has 0 fully saturated rings. The lowest BCUT2D eigenvalue weighted by Gasteiger charge is -2.07. The summed E-state index contributed by atoms with van der Waals surface area (Å²) in [4.78, 5) is 11.5. The average Bonchev–Trinajstić information content (AvgIpc) is 2.21. The summed E-state index contributed by atoms with van der Waals surface area (Å²) >= 11 is 11.3. The minimum absolute atomic E-state index is 0.0571. The molecule has 0 spiro atoms. The van der Waals surface area contributed by atoms with Crippen LogP contribution in [0, 0.1) is 3.57 Å². The van der Waals surface area contributed by atoms with Gasteiger partial charge in [-0.1, -0.05) is 0 Å². The van der Waals surface area contributed by atoms with Gasteiger partial charge in [0.25, 0.3) is 0 Å². The van der Waals surface area contributed by atoms with Gasteiger partial charge in [-0.05, 0) is 68.3 Å². The van der Waals surface area contributed by atoms with Crippen molar-refractivity contribution in [1.29, 1.82) is 0 Å². The summed E-state index contributed by atoms with van der Waals surface area (Å²) in [5.41, 5.74) is 6.30. The molecule has 0 bridgehead atoms. The predicted molar refractivity (Wildman–Crippen MR) is 79.4 cm³/mol. The Hall–Kier alpha value is -0.670. The van der Waals surface area contributed by atoms with Crippen molar-refractivity contribution in [2.24, 2.45) is 0 Å². The number of nitrogens with zero attached hydrogens (tertiary/aromatic N) is 3. The second-order valence-electron chi connectivity index (χ2n) is 3.04. The molecule has 3 N–H and O–H groups in total. The first-order chi connectivity index (χ1) is 8.04. The molecule has 0 aliphatic carbocycles. The molecule has 1 aromatic carbocycles. The molecule has 8 heteroatoms. The van der Waals surface area contributed by atoms with Gasteiger partial charge in [-0.25, -0.2) is 0 Å². The van der Waals surface area contributed by atoms with Gasteiger partial charge in [0, 0.05) is 8.04 Å². The zero-order valence-electron chi connectivity index (χ0n) is 8.28. The third kappa shape index (κ3) is 3.39. The van der Waals surface area contributed by atoms with Crippen LogP contribution in [0.2, 0.25) is 5.28 Å². The number of nitrogen functional groups attached to an aromatic ring is 1. The molecule has 88 valence electrons. The molecule has 2 rings (SSSR count). The zero-order valence-corrected chi connectivity index (χ0v) is 12.8. The van der Waals surface area contributed by atoms with E-state index in [1.807, 2.05) is 18.2 Å². The lowest BCUT2D eigenvalue weighted by Crippen LogP contribution is -2.03. The van der Waals surface area contributed by atoms with Gasteiger partial charge >= 0.3 is 0 Å². The first-order valence-electron chi connectivity index (χ1n) is 4.44. The first kappa shape index (κ1) is 12.8. The second-order valence-corrected chi connectivity index (χ2v) is 5.47. The van der Waals surface area contributed by atoms with E-state index in [9.17, 15) is 0 Å². The molecule has 0 saturated heterocycles. The standard InChI is InChI=1S/C9H6BrClIN5/c10-5-3-4(12)1-2-6(5)14-9-16-7(11)15-8(13)17-9/h1-3H,(H3,13,14,15,16,17). The molecular weight excluding hydrogens is 420 g/mol. The molecule has 0 aliphatic rings. The molecule has 1 heterocycles. The summed E-state index contributed by atoms with van der Waals surface area (Å²) in [7, 11) is 0. The van der Waals surface area contributed by atoms with Crippen molar-refractivity contribution in [2.45, 2.75) is 0 Å². The van der Waals surface area contributed by atoms with Gasteiger partial charge in [0.15, 0.2) is 0 Å². The molecule has 0 aliphatic heterocycles. The van der Waals surface area contributed by atoms with Gasteiger partial charge in [0.2, 0.25) is 17.2 Å². The van der Waals surface area contributed by atoms with Gasteiger partial charge < -0.3 is 11.1 Å². The number of rotatable bonds is 2. The highest BCUT2D eigenvalue weighted by Gasteiger charge is 2.05. The molecule has 0 atom stereocenters. The van der Waals surface area contributed by atoms with Crippen molar-refractivity contribution in [2.75, 3.05) is 11.1 Å². The Labute approximate surface area is 124 Å². The fraction of sp³-hybridized carbons (Fsp3) is 0. The highest BCUT2D eigenvalue weighted by molar-refractivity contribution is 14.1. The second kappa shape index (κ2) is 5.32. The number of anilines is 3. The maximum Gasteiger partial charge on any atom is 0.233 e. The Bertz CT molecular complexity index is 545. The molecule has 0 radical (unpaired) electrons. The molecule has 0 unspecified atom stereocenters. The number of aromatic nitrogens is 3. The van der Waals surface area contributed by atoms with Crippen LogP contribution in [0.15, 0.2) is 22.7 Å². The monoisotopic (exact) mass is 425 g/mol. The van der Waals surface area contributed by atoms with E-state index in [1.165, 1.54) is 0 Å². The fourth-order valence-electron chi connectivity index (χ4n) is 1.13. The Morgan fingerprint density at radius 3 is 2.71 bits per heavy atom. The Morgan fingerprint density at radius 2 is 2.06 bits per heavy atom. The number of nitrogens with one attached hydrogen (secondary N) is 1. The van der Waals surface area contributed by atoms with Crippen LogP contribution in [-0.2, 0) is 0 Å². The van der Waals surface area contributed by atoms with Gasteiger partial charge in [-0.2, -0.15) is 15.0 Å². The van der Waals surface area contributed by atoms with E-state index in [4.69, 9.17) is 17.3 Å². The SMILES string of the molecule is Nc1nc(Cl)nc(Nc2ccc(I)cc2Br)n1. The summed E-state index contributed by atoms with van der Waals surface area (Å²) in [5.74, 6) is 0.388. The first-order valence-corrected chi connectivity index (χ1v) is 6.69. The number of halogens is 3. The topological polar surface area (TPSA) is 76.7 Å². The Morgan fingerprint density at radius 1 is 1.29 bits per heavy atom. The summed E-state index contributed by atoms with van der Waals surface area (Å²) in [6, 6.07) is 5.83. The van der Waals surface area contributed by atoms with E-state index in [0.29, 0.717) is 5.95 Å². The summed E-state index contributed by atoms with van der Waals surface area (Å²) in [5, 5.41) is 3.06. The number of hydrogen-bond acceptors (Lipinski definition) is 5. The van der Waals surface area contributed by atoms with E-state index in [-0.39, 0.29) is 11.2 Å². The quantitative estimate of drug-likeness (QED) is 0.722. The molecule has 17 heavy (non-hydrogen) atoms. The van der Waals surface area contributed by atoms with Crippen LogP contribution in [0.3, 0.4) is 0 Å². The smallest absolute Gasteiger partial charge is 0.233 e. The molecule has 1 aromatic heterocycles. The lowest BCUT2D eigenvalue weighted by atomic mass is 10.3. The summed E-state index contributed by atoms with van der Waals surface area (Å²) in [6.07, 6.45) is 0. The normalized spacial score (nSPS) is 10.3. The minimum atomic E-state index is 0.0571.